The number of nitrogens with zero attached hydrogens (tertiary/aromatic N) is 1. The molecule has 0 aliphatic carbocycles. The van der Waals surface area contributed by atoms with Crippen molar-refractivity contribution in [2.45, 2.75) is 71.9 Å². The topological polar surface area (TPSA) is 29.5 Å². The van der Waals surface area contributed by atoms with E-state index in [1.807, 2.05) is 25.7 Å². The summed E-state index contributed by atoms with van der Waals surface area (Å²) >= 11 is 0. The number of rotatable bonds is 2. The van der Waals surface area contributed by atoms with Gasteiger partial charge in [0.2, 0.25) is 0 Å². The van der Waals surface area contributed by atoms with E-state index in [1.54, 1.807) is 0 Å². The number of hydrogen-bond donors (Lipinski definition) is 0. The van der Waals surface area contributed by atoms with Crippen LogP contribution in [0.25, 0.3) is 0 Å². The van der Waals surface area contributed by atoms with E-state index in [2.05, 4.69) is 20.8 Å². The molecule has 1 saturated heterocycles. The molecule has 0 aromatic heterocycles. The summed E-state index contributed by atoms with van der Waals surface area (Å²) in [6.07, 6.45) is 3.07. The predicted molar refractivity (Wildman–Crippen MR) is 70.0 cm³/mol. The van der Waals surface area contributed by atoms with Crippen molar-refractivity contribution in [2.75, 3.05) is 6.54 Å². The SMILES string of the molecule is CC(C)CC1(C)CCCN1C(=O)OC(C)(C)C. The molecule has 0 aromatic rings. The average molecular weight is 241 g/mol. The highest BCUT2D eigenvalue weighted by Gasteiger charge is 2.41. The number of amides is 1. The van der Waals surface area contributed by atoms with Crippen molar-refractivity contribution < 1.29 is 9.53 Å². The van der Waals surface area contributed by atoms with Crippen molar-refractivity contribution in [3.8, 4) is 0 Å². The zero-order valence-corrected chi connectivity index (χ0v) is 12.2. The molecule has 0 aromatic carbocycles. The zero-order valence-electron chi connectivity index (χ0n) is 12.2. The molecule has 1 rings (SSSR count). The third-order valence-corrected chi connectivity index (χ3v) is 3.21. The van der Waals surface area contributed by atoms with Crippen molar-refractivity contribution >= 4 is 6.09 Å². The van der Waals surface area contributed by atoms with E-state index < -0.39 is 5.60 Å². The van der Waals surface area contributed by atoms with E-state index in [0.717, 1.165) is 25.8 Å². The van der Waals surface area contributed by atoms with Crippen LogP contribution in [-0.2, 0) is 4.74 Å². The van der Waals surface area contributed by atoms with Crippen molar-refractivity contribution in [3.63, 3.8) is 0 Å². The van der Waals surface area contributed by atoms with Gasteiger partial charge in [-0.2, -0.15) is 0 Å². The van der Waals surface area contributed by atoms with Crippen LogP contribution in [0.15, 0.2) is 0 Å². The molecule has 1 fully saturated rings. The third-order valence-electron chi connectivity index (χ3n) is 3.21. The molecule has 0 N–H and O–H groups in total. The molecular formula is C14H27NO2. The summed E-state index contributed by atoms with van der Waals surface area (Å²) in [7, 11) is 0. The molecule has 1 aliphatic heterocycles. The van der Waals surface area contributed by atoms with Gasteiger partial charge in [0, 0.05) is 12.1 Å². The molecular weight excluding hydrogens is 214 g/mol. The Balaban J connectivity index is 2.72. The first-order valence-corrected chi connectivity index (χ1v) is 6.65. The Hall–Kier alpha value is -0.730. The first-order valence-electron chi connectivity index (χ1n) is 6.65. The molecule has 1 aliphatic rings. The summed E-state index contributed by atoms with van der Waals surface area (Å²) in [5.41, 5.74) is -0.422. The van der Waals surface area contributed by atoms with Crippen LogP contribution in [0.1, 0.15) is 60.8 Å². The Morgan fingerprint density at radius 1 is 1.41 bits per heavy atom. The average Bonchev–Trinajstić information content (AvgIpc) is 2.41. The molecule has 0 radical (unpaired) electrons. The zero-order chi connectivity index (χ0) is 13.3. The lowest BCUT2D eigenvalue weighted by atomic mass is 9.88. The molecule has 0 spiro atoms. The van der Waals surface area contributed by atoms with Gasteiger partial charge < -0.3 is 9.64 Å². The Morgan fingerprint density at radius 3 is 2.47 bits per heavy atom. The van der Waals surface area contributed by atoms with Gasteiger partial charge in [-0.05, 0) is 52.9 Å². The molecule has 1 unspecified atom stereocenters. The van der Waals surface area contributed by atoms with Gasteiger partial charge in [0.1, 0.15) is 5.60 Å². The highest BCUT2D eigenvalue weighted by atomic mass is 16.6. The fourth-order valence-corrected chi connectivity index (χ4v) is 2.74. The van der Waals surface area contributed by atoms with E-state index in [9.17, 15) is 4.79 Å². The van der Waals surface area contributed by atoms with Gasteiger partial charge in [-0.15, -0.1) is 0 Å². The molecule has 0 bridgehead atoms. The molecule has 100 valence electrons. The lowest BCUT2D eigenvalue weighted by Gasteiger charge is -2.37. The van der Waals surface area contributed by atoms with Crippen LogP contribution in [0, 0.1) is 5.92 Å². The number of carbonyl (C=O) groups is 1. The van der Waals surface area contributed by atoms with Crippen molar-refractivity contribution in [1.29, 1.82) is 0 Å². The smallest absolute Gasteiger partial charge is 0.410 e. The Morgan fingerprint density at radius 2 is 2.00 bits per heavy atom. The maximum absolute atomic E-state index is 12.2. The van der Waals surface area contributed by atoms with Crippen LogP contribution in [-0.4, -0.2) is 28.7 Å². The van der Waals surface area contributed by atoms with Gasteiger partial charge in [0.25, 0.3) is 0 Å². The third kappa shape index (κ3) is 3.90. The number of ether oxygens (including phenoxy) is 1. The van der Waals surface area contributed by atoms with Crippen LogP contribution in [0.5, 0.6) is 0 Å². The quantitative estimate of drug-likeness (QED) is 0.735. The molecule has 1 amide bonds. The van der Waals surface area contributed by atoms with Crippen LogP contribution < -0.4 is 0 Å². The minimum absolute atomic E-state index is 0.0174. The number of carbonyl (C=O) groups excluding carboxylic acids is 1. The number of hydrogen-bond acceptors (Lipinski definition) is 2. The first-order chi connectivity index (χ1) is 7.64. The molecule has 3 nitrogen and oxygen atoms in total. The van der Waals surface area contributed by atoms with Crippen molar-refractivity contribution in [3.05, 3.63) is 0 Å². The van der Waals surface area contributed by atoms with Crippen LogP contribution in [0.2, 0.25) is 0 Å². The lowest BCUT2D eigenvalue weighted by molar-refractivity contribution is 0.00755. The summed E-state index contributed by atoms with van der Waals surface area (Å²) < 4.78 is 5.49. The van der Waals surface area contributed by atoms with Crippen molar-refractivity contribution in [1.82, 2.24) is 4.90 Å². The summed E-state index contributed by atoms with van der Waals surface area (Å²) in [5, 5.41) is 0. The van der Waals surface area contributed by atoms with E-state index in [0.29, 0.717) is 5.92 Å². The minimum Gasteiger partial charge on any atom is -0.444 e. The van der Waals surface area contributed by atoms with Gasteiger partial charge in [-0.3, -0.25) is 0 Å². The second-order valence-electron chi connectivity index (χ2n) is 6.83. The van der Waals surface area contributed by atoms with Gasteiger partial charge in [0.15, 0.2) is 0 Å². The fourth-order valence-electron chi connectivity index (χ4n) is 2.74. The van der Waals surface area contributed by atoms with Crippen LogP contribution in [0.3, 0.4) is 0 Å². The molecule has 1 atom stereocenters. The Labute approximate surface area is 106 Å². The van der Waals surface area contributed by atoms with E-state index in [1.165, 1.54) is 0 Å². The first kappa shape index (κ1) is 14.3. The largest absolute Gasteiger partial charge is 0.444 e. The maximum Gasteiger partial charge on any atom is 0.410 e. The Kier molecular flexibility index (Phi) is 4.11. The summed E-state index contributed by atoms with van der Waals surface area (Å²) in [4.78, 5) is 14.1. The van der Waals surface area contributed by atoms with Gasteiger partial charge in [-0.1, -0.05) is 13.8 Å². The molecule has 0 saturated carbocycles. The normalized spacial score (nSPS) is 25.5. The molecule has 17 heavy (non-hydrogen) atoms. The van der Waals surface area contributed by atoms with E-state index >= 15 is 0 Å². The van der Waals surface area contributed by atoms with E-state index in [-0.39, 0.29) is 11.6 Å². The summed E-state index contributed by atoms with van der Waals surface area (Å²) in [5.74, 6) is 0.600. The predicted octanol–water partition coefficient (Wildman–Crippen LogP) is 3.82. The standard InChI is InChI=1S/C14H27NO2/c1-11(2)10-14(6)8-7-9-15(14)12(16)17-13(3,4)5/h11H,7-10H2,1-6H3. The molecule has 3 heteroatoms. The van der Waals surface area contributed by atoms with Crippen LogP contribution in [0.4, 0.5) is 4.79 Å². The number of likely N-dealkylation sites (tertiary alicyclic amines) is 1. The monoisotopic (exact) mass is 241 g/mol. The van der Waals surface area contributed by atoms with E-state index in [4.69, 9.17) is 4.74 Å². The minimum atomic E-state index is -0.404. The van der Waals surface area contributed by atoms with Gasteiger partial charge in [-0.25, -0.2) is 4.79 Å². The molecule has 1 heterocycles. The van der Waals surface area contributed by atoms with Crippen molar-refractivity contribution in [2.24, 2.45) is 5.92 Å². The maximum atomic E-state index is 12.2. The summed E-state index contributed by atoms with van der Waals surface area (Å²) in [6.45, 7) is 13.2. The highest BCUT2D eigenvalue weighted by molar-refractivity contribution is 5.69. The second-order valence-corrected chi connectivity index (χ2v) is 6.83. The van der Waals surface area contributed by atoms with Gasteiger partial charge >= 0.3 is 6.09 Å². The fraction of sp³-hybridized carbons (Fsp3) is 0.929. The van der Waals surface area contributed by atoms with Crippen LogP contribution >= 0.6 is 0 Å². The Bertz CT molecular complexity index is 280. The second kappa shape index (κ2) is 4.87. The highest BCUT2D eigenvalue weighted by Crippen LogP contribution is 2.35. The van der Waals surface area contributed by atoms with Gasteiger partial charge in [0.05, 0.1) is 0 Å². The lowest BCUT2D eigenvalue weighted by Crippen LogP contribution is -2.47. The summed E-state index contributed by atoms with van der Waals surface area (Å²) in [6, 6.07) is 0.